The Bertz CT molecular complexity index is 686. The molecule has 0 saturated carbocycles. The summed E-state index contributed by atoms with van der Waals surface area (Å²) in [7, 11) is 0. The smallest absolute Gasteiger partial charge is 0.260 e. The van der Waals surface area contributed by atoms with Crippen molar-refractivity contribution in [2.24, 2.45) is 0 Å². The maximum atomic E-state index is 12.1. The van der Waals surface area contributed by atoms with Crippen molar-refractivity contribution in [2.45, 2.75) is 26.9 Å². The topological polar surface area (TPSA) is 47.6 Å². The SMILES string of the molecule is Cc1cccc(O[C@H](C)C(=O)NCCOc2ccc(Cl)cc2)c1C. The van der Waals surface area contributed by atoms with Gasteiger partial charge in [0.15, 0.2) is 6.10 Å². The van der Waals surface area contributed by atoms with Crippen molar-refractivity contribution in [3.63, 3.8) is 0 Å². The minimum Gasteiger partial charge on any atom is -0.492 e. The molecule has 0 spiro atoms. The Morgan fingerprint density at radius 2 is 1.88 bits per heavy atom. The minimum absolute atomic E-state index is 0.171. The van der Waals surface area contributed by atoms with Gasteiger partial charge in [-0.3, -0.25) is 4.79 Å². The number of halogens is 1. The van der Waals surface area contributed by atoms with E-state index in [-0.39, 0.29) is 5.91 Å². The number of carbonyl (C=O) groups excluding carboxylic acids is 1. The van der Waals surface area contributed by atoms with Crippen molar-refractivity contribution in [3.8, 4) is 11.5 Å². The van der Waals surface area contributed by atoms with E-state index in [9.17, 15) is 4.79 Å². The van der Waals surface area contributed by atoms with Crippen LogP contribution in [-0.4, -0.2) is 25.2 Å². The van der Waals surface area contributed by atoms with E-state index in [1.807, 2.05) is 32.0 Å². The van der Waals surface area contributed by atoms with Crippen molar-refractivity contribution >= 4 is 17.5 Å². The number of aryl methyl sites for hydroxylation is 1. The molecule has 24 heavy (non-hydrogen) atoms. The van der Waals surface area contributed by atoms with E-state index in [1.165, 1.54) is 0 Å². The summed E-state index contributed by atoms with van der Waals surface area (Å²) in [5.41, 5.74) is 2.18. The fourth-order valence-corrected chi connectivity index (χ4v) is 2.24. The van der Waals surface area contributed by atoms with E-state index in [2.05, 4.69) is 5.32 Å². The summed E-state index contributed by atoms with van der Waals surface area (Å²) in [5, 5.41) is 3.46. The van der Waals surface area contributed by atoms with E-state index in [1.54, 1.807) is 31.2 Å². The van der Waals surface area contributed by atoms with Gasteiger partial charge in [0.05, 0.1) is 6.54 Å². The first-order valence-electron chi connectivity index (χ1n) is 7.86. The quantitative estimate of drug-likeness (QED) is 0.772. The van der Waals surface area contributed by atoms with E-state index in [4.69, 9.17) is 21.1 Å². The van der Waals surface area contributed by atoms with E-state index >= 15 is 0 Å². The maximum Gasteiger partial charge on any atom is 0.260 e. The van der Waals surface area contributed by atoms with Gasteiger partial charge in [0.2, 0.25) is 0 Å². The standard InChI is InChI=1S/C19H22ClNO3/c1-13-5-4-6-18(14(13)2)24-15(3)19(22)21-11-12-23-17-9-7-16(20)8-10-17/h4-10,15H,11-12H2,1-3H3,(H,21,22)/t15-/m1/s1. The van der Waals surface area contributed by atoms with Crippen molar-refractivity contribution in [1.82, 2.24) is 5.32 Å². The van der Waals surface area contributed by atoms with Crippen LogP contribution in [0.5, 0.6) is 11.5 Å². The lowest BCUT2D eigenvalue weighted by atomic mass is 10.1. The summed E-state index contributed by atoms with van der Waals surface area (Å²) >= 11 is 5.81. The van der Waals surface area contributed by atoms with Gasteiger partial charge in [-0.25, -0.2) is 0 Å². The molecule has 0 aliphatic heterocycles. The molecule has 2 aromatic rings. The molecule has 1 atom stereocenters. The third-order valence-electron chi connectivity index (χ3n) is 3.71. The second-order valence-corrected chi connectivity index (χ2v) is 5.99. The van der Waals surface area contributed by atoms with Gasteiger partial charge < -0.3 is 14.8 Å². The summed E-state index contributed by atoms with van der Waals surface area (Å²) in [6, 6.07) is 12.9. The summed E-state index contributed by atoms with van der Waals surface area (Å²) in [4.78, 5) is 12.1. The van der Waals surface area contributed by atoms with Gasteiger partial charge >= 0.3 is 0 Å². The molecule has 0 radical (unpaired) electrons. The zero-order chi connectivity index (χ0) is 17.5. The monoisotopic (exact) mass is 347 g/mol. The molecule has 0 bridgehead atoms. The normalized spacial score (nSPS) is 11.7. The molecule has 0 saturated heterocycles. The van der Waals surface area contributed by atoms with Crippen LogP contribution in [0.3, 0.4) is 0 Å². The van der Waals surface area contributed by atoms with Crippen LogP contribution in [0.25, 0.3) is 0 Å². The summed E-state index contributed by atoms with van der Waals surface area (Å²) in [6.45, 7) is 6.51. The van der Waals surface area contributed by atoms with Crippen LogP contribution in [0.15, 0.2) is 42.5 Å². The maximum absolute atomic E-state index is 12.1. The lowest BCUT2D eigenvalue weighted by molar-refractivity contribution is -0.127. The van der Waals surface area contributed by atoms with Crippen LogP contribution in [-0.2, 0) is 4.79 Å². The highest BCUT2D eigenvalue weighted by Gasteiger charge is 2.15. The molecule has 2 rings (SSSR count). The number of hydrogen-bond donors (Lipinski definition) is 1. The van der Waals surface area contributed by atoms with Crippen molar-refractivity contribution in [2.75, 3.05) is 13.2 Å². The molecule has 0 aliphatic rings. The van der Waals surface area contributed by atoms with Crippen molar-refractivity contribution < 1.29 is 14.3 Å². The van der Waals surface area contributed by atoms with Crippen molar-refractivity contribution in [3.05, 3.63) is 58.6 Å². The van der Waals surface area contributed by atoms with Crippen molar-refractivity contribution in [1.29, 1.82) is 0 Å². The number of amides is 1. The third-order valence-corrected chi connectivity index (χ3v) is 3.96. The van der Waals surface area contributed by atoms with Crippen LogP contribution >= 0.6 is 11.6 Å². The van der Waals surface area contributed by atoms with Crippen LogP contribution < -0.4 is 14.8 Å². The van der Waals surface area contributed by atoms with E-state index in [0.717, 1.165) is 16.9 Å². The molecule has 0 aliphatic carbocycles. The minimum atomic E-state index is -0.568. The predicted molar refractivity (Wildman–Crippen MR) is 96.0 cm³/mol. The number of rotatable bonds is 7. The predicted octanol–water partition coefficient (Wildman–Crippen LogP) is 3.92. The van der Waals surface area contributed by atoms with Gasteiger partial charge in [-0.1, -0.05) is 23.7 Å². The Labute approximate surface area is 147 Å². The molecule has 4 nitrogen and oxygen atoms in total. The van der Waals surface area contributed by atoms with Gasteiger partial charge in [-0.15, -0.1) is 0 Å². The first-order valence-corrected chi connectivity index (χ1v) is 8.24. The summed E-state index contributed by atoms with van der Waals surface area (Å²) < 4.78 is 11.3. The Morgan fingerprint density at radius 1 is 1.17 bits per heavy atom. The molecule has 0 fully saturated rings. The highest BCUT2D eigenvalue weighted by atomic mass is 35.5. The van der Waals surface area contributed by atoms with Gasteiger partial charge in [-0.2, -0.15) is 0 Å². The number of benzene rings is 2. The molecule has 1 N–H and O–H groups in total. The van der Waals surface area contributed by atoms with E-state index in [0.29, 0.717) is 23.9 Å². The molecule has 2 aromatic carbocycles. The number of carbonyl (C=O) groups is 1. The molecular formula is C19H22ClNO3. The Kier molecular flexibility index (Phi) is 6.50. The van der Waals surface area contributed by atoms with Crippen LogP contribution in [0.1, 0.15) is 18.1 Å². The number of ether oxygens (including phenoxy) is 2. The number of hydrogen-bond acceptors (Lipinski definition) is 3. The molecule has 1 amide bonds. The average molecular weight is 348 g/mol. The van der Waals surface area contributed by atoms with Crippen LogP contribution in [0, 0.1) is 13.8 Å². The molecule has 0 heterocycles. The third kappa shape index (κ3) is 5.17. The molecule has 128 valence electrons. The average Bonchev–Trinajstić information content (AvgIpc) is 2.57. The zero-order valence-electron chi connectivity index (χ0n) is 14.1. The van der Waals surface area contributed by atoms with Crippen LogP contribution in [0.4, 0.5) is 0 Å². The highest BCUT2D eigenvalue weighted by molar-refractivity contribution is 6.30. The molecule has 0 unspecified atom stereocenters. The van der Waals surface area contributed by atoms with Gasteiger partial charge in [0.25, 0.3) is 5.91 Å². The Hall–Kier alpha value is -2.20. The Morgan fingerprint density at radius 3 is 2.58 bits per heavy atom. The van der Waals surface area contributed by atoms with Gasteiger partial charge in [0, 0.05) is 5.02 Å². The first kappa shape index (κ1) is 18.1. The second-order valence-electron chi connectivity index (χ2n) is 5.55. The molecule has 5 heteroatoms. The van der Waals surface area contributed by atoms with Gasteiger partial charge in [-0.05, 0) is 62.2 Å². The Balaban J connectivity index is 1.75. The first-order chi connectivity index (χ1) is 11.5. The van der Waals surface area contributed by atoms with Crippen LogP contribution in [0.2, 0.25) is 5.02 Å². The fraction of sp³-hybridized carbons (Fsp3) is 0.316. The summed E-state index contributed by atoms with van der Waals surface area (Å²) in [5.74, 6) is 1.28. The molecule has 0 aromatic heterocycles. The van der Waals surface area contributed by atoms with E-state index < -0.39 is 6.10 Å². The fourth-order valence-electron chi connectivity index (χ4n) is 2.11. The molecular weight excluding hydrogens is 326 g/mol. The zero-order valence-corrected chi connectivity index (χ0v) is 14.9. The van der Waals surface area contributed by atoms with Gasteiger partial charge in [0.1, 0.15) is 18.1 Å². The second kappa shape index (κ2) is 8.60. The number of nitrogens with one attached hydrogen (secondary N) is 1. The lowest BCUT2D eigenvalue weighted by Gasteiger charge is -2.17. The summed E-state index contributed by atoms with van der Waals surface area (Å²) in [6.07, 6.45) is -0.568. The highest BCUT2D eigenvalue weighted by Crippen LogP contribution is 2.21. The lowest BCUT2D eigenvalue weighted by Crippen LogP contribution is -2.38. The largest absolute Gasteiger partial charge is 0.492 e.